The number of likely N-dealkylation sites (tertiary alicyclic amines) is 1. The molecule has 2 N–H and O–H groups in total. The zero-order chi connectivity index (χ0) is 21.7. The highest BCUT2D eigenvalue weighted by atomic mass is 32.1. The molecule has 6 nitrogen and oxygen atoms in total. The Morgan fingerprint density at radius 1 is 1.07 bits per heavy atom. The van der Waals surface area contributed by atoms with Crippen LogP contribution in [0.15, 0.2) is 41.8 Å². The Morgan fingerprint density at radius 2 is 1.73 bits per heavy atom. The van der Waals surface area contributed by atoms with Crippen LogP contribution in [0.3, 0.4) is 0 Å². The molecule has 0 spiro atoms. The molecule has 0 aliphatic carbocycles. The van der Waals surface area contributed by atoms with Gasteiger partial charge in [-0.25, -0.2) is 4.39 Å². The highest BCUT2D eigenvalue weighted by Gasteiger charge is 2.34. The van der Waals surface area contributed by atoms with Gasteiger partial charge in [0.1, 0.15) is 11.9 Å². The summed E-state index contributed by atoms with van der Waals surface area (Å²) in [6.07, 6.45) is 1.18. The predicted molar refractivity (Wildman–Crippen MR) is 114 cm³/mol. The Morgan fingerprint density at radius 3 is 2.30 bits per heavy atom. The first-order chi connectivity index (χ1) is 14.3. The van der Waals surface area contributed by atoms with Crippen LogP contribution < -0.4 is 10.6 Å². The molecule has 1 atom stereocenters. The van der Waals surface area contributed by atoms with E-state index in [-0.39, 0.29) is 35.5 Å². The van der Waals surface area contributed by atoms with Gasteiger partial charge < -0.3 is 15.5 Å². The van der Waals surface area contributed by atoms with Crippen LogP contribution in [-0.4, -0.2) is 47.8 Å². The lowest BCUT2D eigenvalue weighted by Crippen LogP contribution is -2.54. The summed E-state index contributed by atoms with van der Waals surface area (Å²) < 4.78 is 13.1. The summed E-state index contributed by atoms with van der Waals surface area (Å²) in [5.41, 5.74) is 0.440. The van der Waals surface area contributed by atoms with Crippen LogP contribution in [0.25, 0.3) is 0 Å². The maximum absolute atomic E-state index is 13.1. The molecule has 2 aromatic rings. The van der Waals surface area contributed by atoms with Crippen molar-refractivity contribution in [3.8, 4) is 0 Å². The topological polar surface area (TPSA) is 78.5 Å². The van der Waals surface area contributed by atoms with Gasteiger partial charge in [-0.1, -0.05) is 6.07 Å². The molecular formula is C22H26FN3O3S. The van der Waals surface area contributed by atoms with Gasteiger partial charge in [-0.15, -0.1) is 11.3 Å². The minimum atomic E-state index is -0.662. The average Bonchev–Trinajstić information content (AvgIpc) is 3.26. The molecule has 1 unspecified atom stereocenters. The van der Waals surface area contributed by atoms with Crippen LogP contribution in [0.1, 0.15) is 46.7 Å². The van der Waals surface area contributed by atoms with E-state index in [9.17, 15) is 18.8 Å². The van der Waals surface area contributed by atoms with E-state index in [2.05, 4.69) is 10.6 Å². The van der Waals surface area contributed by atoms with Crippen molar-refractivity contribution in [1.29, 1.82) is 0 Å². The molecule has 1 aliphatic rings. The van der Waals surface area contributed by atoms with E-state index in [0.717, 1.165) is 0 Å². The number of thiophene rings is 1. The zero-order valence-electron chi connectivity index (χ0n) is 17.1. The molecule has 0 saturated carbocycles. The van der Waals surface area contributed by atoms with Crippen LogP contribution in [0.5, 0.6) is 0 Å². The first-order valence-electron chi connectivity index (χ1n) is 10.0. The molecular weight excluding hydrogens is 405 g/mol. The predicted octanol–water partition coefficient (Wildman–Crippen LogP) is 3.06. The van der Waals surface area contributed by atoms with Crippen molar-refractivity contribution < 1.29 is 18.8 Å². The van der Waals surface area contributed by atoms with Crippen LogP contribution in [-0.2, 0) is 4.79 Å². The van der Waals surface area contributed by atoms with Crippen molar-refractivity contribution >= 4 is 29.1 Å². The van der Waals surface area contributed by atoms with Gasteiger partial charge in [-0.3, -0.25) is 14.4 Å². The minimum Gasteiger partial charge on any atom is -0.352 e. The number of hydrogen-bond acceptors (Lipinski definition) is 4. The quantitative estimate of drug-likeness (QED) is 0.738. The minimum absolute atomic E-state index is 0.0428. The van der Waals surface area contributed by atoms with Crippen molar-refractivity contribution in [3.05, 3.63) is 58.0 Å². The summed E-state index contributed by atoms with van der Waals surface area (Å²) in [5.74, 6) is -1.09. The second-order valence-corrected chi connectivity index (χ2v) is 8.68. The van der Waals surface area contributed by atoms with E-state index in [1.165, 1.54) is 35.6 Å². The molecule has 3 amide bonds. The van der Waals surface area contributed by atoms with Gasteiger partial charge in [-0.2, -0.15) is 0 Å². The molecule has 0 bridgehead atoms. The van der Waals surface area contributed by atoms with Crippen molar-refractivity contribution in [2.75, 3.05) is 13.1 Å². The first kappa shape index (κ1) is 22.0. The van der Waals surface area contributed by atoms with Crippen LogP contribution in [0.2, 0.25) is 0 Å². The summed E-state index contributed by atoms with van der Waals surface area (Å²) >= 11 is 1.32. The van der Waals surface area contributed by atoms with E-state index in [0.29, 0.717) is 36.4 Å². The highest BCUT2D eigenvalue weighted by molar-refractivity contribution is 7.12. The van der Waals surface area contributed by atoms with E-state index in [4.69, 9.17) is 0 Å². The van der Waals surface area contributed by atoms with Crippen molar-refractivity contribution in [2.45, 2.75) is 38.8 Å². The van der Waals surface area contributed by atoms with E-state index in [1.54, 1.807) is 17.0 Å². The van der Waals surface area contributed by atoms with E-state index >= 15 is 0 Å². The number of carbonyl (C=O) groups excluding carboxylic acids is 3. The number of benzene rings is 1. The van der Waals surface area contributed by atoms with Gasteiger partial charge in [0.25, 0.3) is 11.8 Å². The largest absolute Gasteiger partial charge is 0.352 e. The molecule has 30 heavy (non-hydrogen) atoms. The molecule has 1 saturated heterocycles. The second kappa shape index (κ2) is 9.84. The molecule has 1 aromatic heterocycles. The Balaban J connectivity index is 1.66. The number of piperidine rings is 1. The molecule has 3 rings (SSSR count). The Bertz CT molecular complexity index is 876. The smallest absolute Gasteiger partial charge is 0.262 e. The van der Waals surface area contributed by atoms with Crippen molar-refractivity contribution in [2.24, 2.45) is 5.92 Å². The number of rotatable bonds is 6. The summed E-state index contributed by atoms with van der Waals surface area (Å²) in [6, 6.07) is 8.31. The maximum Gasteiger partial charge on any atom is 0.262 e. The van der Waals surface area contributed by atoms with Gasteiger partial charge in [0.15, 0.2) is 0 Å². The number of halogens is 1. The fourth-order valence-electron chi connectivity index (χ4n) is 3.60. The fourth-order valence-corrected chi connectivity index (χ4v) is 4.23. The van der Waals surface area contributed by atoms with Crippen molar-refractivity contribution in [3.63, 3.8) is 0 Å². The summed E-state index contributed by atoms with van der Waals surface area (Å²) in [7, 11) is 0. The van der Waals surface area contributed by atoms with Crippen molar-refractivity contribution in [1.82, 2.24) is 15.5 Å². The third kappa shape index (κ3) is 5.44. The maximum atomic E-state index is 13.1. The third-order valence-electron chi connectivity index (χ3n) is 5.13. The molecule has 1 fully saturated rings. The summed E-state index contributed by atoms with van der Waals surface area (Å²) in [5, 5.41) is 7.60. The lowest BCUT2D eigenvalue weighted by atomic mass is 9.88. The normalized spacial score (nSPS) is 15.7. The molecule has 1 aromatic carbocycles. The second-order valence-electron chi connectivity index (χ2n) is 7.73. The van der Waals surface area contributed by atoms with Crippen LogP contribution >= 0.6 is 11.3 Å². The fraction of sp³-hybridized carbons (Fsp3) is 0.409. The number of hydrogen-bond donors (Lipinski definition) is 2. The lowest BCUT2D eigenvalue weighted by molar-refractivity contribution is -0.125. The highest BCUT2D eigenvalue weighted by Crippen LogP contribution is 2.23. The number of amides is 3. The Labute approximate surface area is 179 Å². The third-order valence-corrected chi connectivity index (χ3v) is 6.00. The monoisotopic (exact) mass is 431 g/mol. The molecule has 2 heterocycles. The molecule has 8 heteroatoms. The SMILES string of the molecule is CC(C)NC(=O)C(NC(=O)c1cccs1)C1CCN(C(=O)c2ccc(F)cc2)CC1. The van der Waals surface area contributed by atoms with E-state index < -0.39 is 6.04 Å². The standard InChI is InChI=1S/C22H26FN3O3S/c1-14(2)24-21(28)19(25-20(27)18-4-3-13-30-18)15-9-11-26(12-10-15)22(29)16-5-7-17(23)8-6-16/h3-8,13-15,19H,9-12H2,1-2H3,(H,24,28)(H,25,27). The Hall–Kier alpha value is -2.74. The number of carbonyl (C=O) groups is 3. The van der Waals surface area contributed by atoms with Crippen LogP contribution in [0, 0.1) is 11.7 Å². The zero-order valence-corrected chi connectivity index (χ0v) is 17.9. The van der Waals surface area contributed by atoms with Gasteiger partial charge in [0.2, 0.25) is 5.91 Å². The summed E-state index contributed by atoms with van der Waals surface area (Å²) in [6.45, 7) is 4.70. The van der Waals surface area contributed by atoms with Gasteiger partial charge >= 0.3 is 0 Å². The lowest BCUT2D eigenvalue weighted by Gasteiger charge is -2.36. The first-order valence-corrected chi connectivity index (χ1v) is 10.9. The molecule has 160 valence electrons. The molecule has 1 aliphatic heterocycles. The average molecular weight is 432 g/mol. The molecule has 0 radical (unpaired) electrons. The van der Waals surface area contributed by atoms with Gasteiger partial charge in [0, 0.05) is 24.7 Å². The Kier molecular flexibility index (Phi) is 7.20. The van der Waals surface area contributed by atoms with Crippen LogP contribution in [0.4, 0.5) is 4.39 Å². The number of nitrogens with zero attached hydrogens (tertiary/aromatic N) is 1. The summed E-state index contributed by atoms with van der Waals surface area (Å²) in [4.78, 5) is 40.3. The van der Waals surface area contributed by atoms with Gasteiger partial charge in [-0.05, 0) is 68.3 Å². The van der Waals surface area contributed by atoms with Gasteiger partial charge in [0.05, 0.1) is 4.88 Å². The van der Waals surface area contributed by atoms with E-state index in [1.807, 2.05) is 19.2 Å². The number of nitrogens with one attached hydrogen (secondary N) is 2.